The van der Waals surface area contributed by atoms with E-state index in [-0.39, 0.29) is 5.75 Å². The van der Waals surface area contributed by atoms with Crippen molar-refractivity contribution in [2.75, 3.05) is 13.1 Å². The molecule has 0 bridgehead atoms. The van der Waals surface area contributed by atoms with Crippen LogP contribution < -0.4 is 5.32 Å². The van der Waals surface area contributed by atoms with Gasteiger partial charge >= 0.3 is 0 Å². The molecule has 0 fully saturated rings. The lowest BCUT2D eigenvalue weighted by molar-refractivity contribution is 0.475. The largest absolute Gasteiger partial charge is 0.508 e. The standard InChI is InChI=1S/C17H23N3O/c1-4-18-10-6-9-16-12(2)19-17(20-13(16)3)14-7-5-8-15(21)11-14/h5,7-8,11,18,21H,4,6,9-10H2,1-3H3. The monoisotopic (exact) mass is 285 g/mol. The van der Waals surface area contributed by atoms with Crippen molar-refractivity contribution in [3.8, 4) is 17.1 Å². The molecule has 1 aromatic heterocycles. The summed E-state index contributed by atoms with van der Waals surface area (Å²) >= 11 is 0. The average molecular weight is 285 g/mol. The first-order valence-corrected chi connectivity index (χ1v) is 7.46. The second kappa shape index (κ2) is 7.18. The average Bonchev–Trinajstić information content (AvgIpc) is 2.45. The van der Waals surface area contributed by atoms with E-state index in [0.717, 1.165) is 42.9 Å². The molecule has 0 amide bonds. The zero-order chi connectivity index (χ0) is 15.2. The highest BCUT2D eigenvalue weighted by Gasteiger charge is 2.10. The van der Waals surface area contributed by atoms with Gasteiger partial charge in [-0.3, -0.25) is 0 Å². The highest BCUT2D eigenvalue weighted by molar-refractivity contribution is 5.58. The first-order valence-electron chi connectivity index (χ1n) is 7.46. The molecule has 2 N–H and O–H groups in total. The number of nitrogens with zero attached hydrogens (tertiary/aromatic N) is 2. The number of aromatic hydroxyl groups is 1. The van der Waals surface area contributed by atoms with Crippen LogP contribution in [0.15, 0.2) is 24.3 Å². The predicted octanol–water partition coefficient (Wildman–Crippen LogP) is 3.01. The lowest BCUT2D eigenvalue weighted by Crippen LogP contribution is -2.15. The Morgan fingerprint density at radius 3 is 2.48 bits per heavy atom. The SMILES string of the molecule is CCNCCCc1c(C)nc(-c2cccc(O)c2)nc1C. The minimum Gasteiger partial charge on any atom is -0.508 e. The molecule has 2 rings (SSSR count). The van der Waals surface area contributed by atoms with Gasteiger partial charge in [-0.1, -0.05) is 19.1 Å². The number of hydrogen-bond acceptors (Lipinski definition) is 4. The number of aryl methyl sites for hydroxylation is 2. The summed E-state index contributed by atoms with van der Waals surface area (Å²) in [5.41, 5.74) is 4.13. The van der Waals surface area contributed by atoms with Crippen LogP contribution >= 0.6 is 0 Å². The van der Waals surface area contributed by atoms with Gasteiger partial charge in [-0.25, -0.2) is 9.97 Å². The van der Waals surface area contributed by atoms with E-state index in [1.807, 2.05) is 26.0 Å². The number of benzene rings is 1. The van der Waals surface area contributed by atoms with Crippen molar-refractivity contribution in [3.63, 3.8) is 0 Å². The van der Waals surface area contributed by atoms with Crippen LogP contribution in [0.3, 0.4) is 0 Å². The lowest BCUT2D eigenvalue weighted by atomic mass is 10.1. The molecule has 0 aliphatic rings. The summed E-state index contributed by atoms with van der Waals surface area (Å²) in [5, 5.41) is 12.9. The number of phenolic OH excluding ortho intramolecular Hbond substituents is 1. The number of aromatic nitrogens is 2. The Hall–Kier alpha value is -1.94. The summed E-state index contributed by atoms with van der Waals surface area (Å²) in [6, 6.07) is 7.07. The van der Waals surface area contributed by atoms with Crippen LogP contribution in [0.1, 0.15) is 30.3 Å². The molecule has 4 heteroatoms. The zero-order valence-electron chi connectivity index (χ0n) is 13.0. The van der Waals surface area contributed by atoms with Crippen LogP contribution in [0.2, 0.25) is 0 Å². The molecule has 0 atom stereocenters. The zero-order valence-corrected chi connectivity index (χ0v) is 13.0. The van der Waals surface area contributed by atoms with E-state index in [0.29, 0.717) is 5.82 Å². The number of nitrogens with one attached hydrogen (secondary N) is 1. The molecule has 4 nitrogen and oxygen atoms in total. The fourth-order valence-electron chi connectivity index (χ4n) is 2.44. The highest BCUT2D eigenvalue weighted by Crippen LogP contribution is 2.22. The van der Waals surface area contributed by atoms with Gasteiger partial charge in [0.1, 0.15) is 5.75 Å². The van der Waals surface area contributed by atoms with Crippen molar-refractivity contribution in [1.82, 2.24) is 15.3 Å². The van der Waals surface area contributed by atoms with E-state index in [1.54, 1.807) is 12.1 Å². The maximum absolute atomic E-state index is 9.57. The summed E-state index contributed by atoms with van der Waals surface area (Å²) in [6.45, 7) is 8.20. The second-order valence-corrected chi connectivity index (χ2v) is 5.20. The smallest absolute Gasteiger partial charge is 0.159 e. The molecule has 0 spiro atoms. The third kappa shape index (κ3) is 4.02. The minimum atomic E-state index is 0.237. The summed E-state index contributed by atoms with van der Waals surface area (Å²) in [7, 11) is 0. The number of hydrogen-bond donors (Lipinski definition) is 2. The molecule has 0 radical (unpaired) electrons. The van der Waals surface area contributed by atoms with Crippen LogP contribution in [-0.4, -0.2) is 28.2 Å². The third-order valence-electron chi connectivity index (χ3n) is 3.56. The number of rotatable bonds is 6. The summed E-state index contributed by atoms with van der Waals surface area (Å²) < 4.78 is 0. The molecule has 1 heterocycles. The fraction of sp³-hybridized carbons (Fsp3) is 0.412. The van der Waals surface area contributed by atoms with Crippen molar-refractivity contribution >= 4 is 0 Å². The summed E-state index contributed by atoms with van der Waals surface area (Å²) in [4.78, 5) is 9.20. The fourth-order valence-corrected chi connectivity index (χ4v) is 2.44. The minimum absolute atomic E-state index is 0.237. The van der Waals surface area contributed by atoms with Gasteiger partial charge in [0.2, 0.25) is 0 Å². The van der Waals surface area contributed by atoms with E-state index in [1.165, 1.54) is 5.56 Å². The molecule has 0 aliphatic carbocycles. The van der Waals surface area contributed by atoms with E-state index in [9.17, 15) is 5.11 Å². The maximum atomic E-state index is 9.57. The van der Waals surface area contributed by atoms with Gasteiger partial charge in [0.15, 0.2) is 5.82 Å². The Labute approximate surface area is 126 Å². The van der Waals surface area contributed by atoms with Crippen LogP contribution in [-0.2, 0) is 6.42 Å². The van der Waals surface area contributed by atoms with Gasteiger partial charge in [-0.2, -0.15) is 0 Å². The Morgan fingerprint density at radius 1 is 1.14 bits per heavy atom. The van der Waals surface area contributed by atoms with Gasteiger partial charge in [0.05, 0.1) is 0 Å². The Kier molecular flexibility index (Phi) is 5.28. The first kappa shape index (κ1) is 15.4. The molecule has 112 valence electrons. The summed E-state index contributed by atoms with van der Waals surface area (Å²) in [6.07, 6.45) is 2.08. The van der Waals surface area contributed by atoms with E-state index < -0.39 is 0 Å². The van der Waals surface area contributed by atoms with Crippen molar-refractivity contribution in [2.45, 2.75) is 33.6 Å². The first-order chi connectivity index (χ1) is 10.1. The number of phenols is 1. The van der Waals surface area contributed by atoms with Gasteiger partial charge < -0.3 is 10.4 Å². The molecule has 21 heavy (non-hydrogen) atoms. The van der Waals surface area contributed by atoms with Gasteiger partial charge in [0.25, 0.3) is 0 Å². The van der Waals surface area contributed by atoms with Crippen LogP contribution in [0.5, 0.6) is 5.75 Å². The predicted molar refractivity (Wildman–Crippen MR) is 85.5 cm³/mol. The molecule has 0 saturated carbocycles. The van der Waals surface area contributed by atoms with Gasteiger partial charge in [0, 0.05) is 17.0 Å². The van der Waals surface area contributed by atoms with Crippen LogP contribution in [0, 0.1) is 13.8 Å². The van der Waals surface area contributed by atoms with Gasteiger partial charge in [-0.15, -0.1) is 0 Å². The van der Waals surface area contributed by atoms with Crippen molar-refractivity contribution in [1.29, 1.82) is 0 Å². The highest BCUT2D eigenvalue weighted by atomic mass is 16.3. The normalized spacial score (nSPS) is 10.8. The van der Waals surface area contributed by atoms with Crippen molar-refractivity contribution in [3.05, 3.63) is 41.2 Å². The molecular formula is C17H23N3O. The van der Waals surface area contributed by atoms with Crippen molar-refractivity contribution in [2.24, 2.45) is 0 Å². The van der Waals surface area contributed by atoms with Crippen LogP contribution in [0.4, 0.5) is 0 Å². The molecule has 2 aromatic rings. The Bertz CT molecular complexity index is 588. The summed E-state index contributed by atoms with van der Waals surface area (Å²) in [5.74, 6) is 0.914. The third-order valence-corrected chi connectivity index (χ3v) is 3.56. The topological polar surface area (TPSA) is 58.0 Å². The van der Waals surface area contributed by atoms with Crippen molar-refractivity contribution < 1.29 is 5.11 Å². The van der Waals surface area contributed by atoms with Crippen LogP contribution in [0.25, 0.3) is 11.4 Å². The molecule has 1 aromatic carbocycles. The molecule has 0 saturated heterocycles. The molecular weight excluding hydrogens is 262 g/mol. The van der Waals surface area contributed by atoms with E-state index in [2.05, 4.69) is 22.2 Å². The Balaban J connectivity index is 2.20. The van der Waals surface area contributed by atoms with E-state index >= 15 is 0 Å². The van der Waals surface area contributed by atoms with Gasteiger partial charge in [-0.05, 0) is 57.5 Å². The Morgan fingerprint density at radius 2 is 1.86 bits per heavy atom. The van der Waals surface area contributed by atoms with E-state index in [4.69, 9.17) is 0 Å². The molecule has 0 unspecified atom stereocenters. The second-order valence-electron chi connectivity index (χ2n) is 5.20. The maximum Gasteiger partial charge on any atom is 0.159 e. The molecule has 0 aliphatic heterocycles. The quantitative estimate of drug-likeness (QED) is 0.801. The lowest BCUT2D eigenvalue weighted by Gasteiger charge is -2.11.